The third kappa shape index (κ3) is 3.60. The molecule has 1 atom stereocenters. The van der Waals surface area contributed by atoms with Crippen molar-refractivity contribution in [2.45, 2.75) is 18.7 Å². The number of aryl methyl sites for hydroxylation is 1. The molecule has 0 saturated carbocycles. The number of carbonyl (C=O) groups is 1. The summed E-state index contributed by atoms with van der Waals surface area (Å²) in [6, 6.07) is 15.0. The molecule has 0 aliphatic carbocycles. The molecule has 26 heavy (non-hydrogen) atoms. The van der Waals surface area contributed by atoms with Gasteiger partial charge in [-0.1, -0.05) is 12.1 Å². The van der Waals surface area contributed by atoms with Crippen molar-refractivity contribution in [2.75, 3.05) is 11.6 Å². The van der Waals surface area contributed by atoms with Crippen LogP contribution >= 0.6 is 0 Å². The molecule has 134 valence electrons. The molecule has 1 amide bonds. The molecule has 0 spiro atoms. The van der Waals surface area contributed by atoms with Crippen molar-refractivity contribution in [2.24, 2.45) is 0 Å². The number of aromatic nitrogens is 1. The Morgan fingerprint density at radius 2 is 1.81 bits per heavy atom. The molecule has 1 aromatic heterocycles. The summed E-state index contributed by atoms with van der Waals surface area (Å²) in [5.74, 6) is -0.592. The molecule has 0 fully saturated rings. The van der Waals surface area contributed by atoms with Gasteiger partial charge in [-0.25, -0.2) is 4.39 Å². The SMILES string of the molecule is Cc1cc(C(=O)Nc2cccc([S@](C)=O)c2)c(C)n1-c1cccc(F)c1. The van der Waals surface area contributed by atoms with Crippen LogP contribution in [-0.4, -0.2) is 20.9 Å². The second-order valence-corrected chi connectivity index (χ2v) is 7.42. The van der Waals surface area contributed by atoms with E-state index in [1.165, 1.54) is 12.1 Å². The van der Waals surface area contributed by atoms with Crippen LogP contribution in [0.5, 0.6) is 0 Å². The minimum atomic E-state index is -1.12. The lowest BCUT2D eigenvalue weighted by atomic mass is 10.2. The molecule has 0 radical (unpaired) electrons. The van der Waals surface area contributed by atoms with Gasteiger partial charge in [0.15, 0.2) is 0 Å². The number of amides is 1. The molecule has 1 N–H and O–H groups in total. The topological polar surface area (TPSA) is 51.1 Å². The van der Waals surface area contributed by atoms with E-state index < -0.39 is 10.8 Å². The number of nitrogens with zero attached hydrogens (tertiary/aromatic N) is 1. The summed E-state index contributed by atoms with van der Waals surface area (Å²) >= 11 is 0. The van der Waals surface area contributed by atoms with Crippen molar-refractivity contribution in [3.8, 4) is 5.69 Å². The highest BCUT2D eigenvalue weighted by molar-refractivity contribution is 7.84. The Balaban J connectivity index is 1.93. The third-order valence-corrected chi connectivity index (χ3v) is 5.08. The monoisotopic (exact) mass is 370 g/mol. The number of hydrogen-bond acceptors (Lipinski definition) is 2. The van der Waals surface area contributed by atoms with Crippen molar-refractivity contribution < 1.29 is 13.4 Å². The van der Waals surface area contributed by atoms with Crippen molar-refractivity contribution in [1.82, 2.24) is 4.57 Å². The standard InChI is InChI=1S/C20H19FN2O2S/c1-13-10-19(14(2)23(13)17-8-4-6-15(21)11-17)20(24)22-16-7-5-9-18(12-16)26(3)25/h4-12H,1-3H3,(H,22,24)/t26-/m0/s1. The van der Waals surface area contributed by atoms with E-state index in [1.807, 2.05) is 18.4 Å². The van der Waals surface area contributed by atoms with E-state index >= 15 is 0 Å². The van der Waals surface area contributed by atoms with Crippen molar-refractivity contribution in [3.63, 3.8) is 0 Å². The average Bonchev–Trinajstić information content (AvgIpc) is 2.89. The van der Waals surface area contributed by atoms with Crippen LogP contribution in [-0.2, 0) is 10.8 Å². The van der Waals surface area contributed by atoms with Crippen LogP contribution in [0.3, 0.4) is 0 Å². The van der Waals surface area contributed by atoms with Gasteiger partial charge >= 0.3 is 0 Å². The Hall–Kier alpha value is -2.73. The van der Waals surface area contributed by atoms with E-state index in [4.69, 9.17) is 0 Å². The van der Waals surface area contributed by atoms with Gasteiger partial charge in [0.25, 0.3) is 5.91 Å². The lowest BCUT2D eigenvalue weighted by Crippen LogP contribution is -2.13. The van der Waals surface area contributed by atoms with Crippen molar-refractivity contribution >= 4 is 22.4 Å². The lowest BCUT2D eigenvalue weighted by Gasteiger charge is -2.10. The van der Waals surface area contributed by atoms with Gasteiger partial charge in [0, 0.05) is 44.7 Å². The molecule has 0 aliphatic rings. The summed E-state index contributed by atoms with van der Waals surface area (Å²) < 4.78 is 27.0. The lowest BCUT2D eigenvalue weighted by molar-refractivity contribution is 0.102. The summed E-state index contributed by atoms with van der Waals surface area (Å²) in [5.41, 5.74) is 3.32. The summed E-state index contributed by atoms with van der Waals surface area (Å²) in [5, 5.41) is 2.84. The molecule has 2 aromatic carbocycles. The molecule has 3 aromatic rings. The van der Waals surface area contributed by atoms with Gasteiger partial charge in [-0.05, 0) is 56.3 Å². The Bertz CT molecular complexity index is 1010. The minimum Gasteiger partial charge on any atom is -0.322 e. The zero-order chi connectivity index (χ0) is 18.8. The van der Waals surface area contributed by atoms with Crippen LogP contribution in [0.2, 0.25) is 0 Å². The number of carbonyl (C=O) groups excluding carboxylic acids is 1. The Labute approximate surface area is 154 Å². The van der Waals surface area contributed by atoms with Gasteiger partial charge in [-0.3, -0.25) is 9.00 Å². The van der Waals surface area contributed by atoms with Gasteiger partial charge in [0.1, 0.15) is 5.82 Å². The van der Waals surface area contributed by atoms with E-state index in [-0.39, 0.29) is 11.7 Å². The maximum atomic E-state index is 13.6. The van der Waals surface area contributed by atoms with Gasteiger partial charge in [0.05, 0.1) is 5.56 Å². The molecule has 4 nitrogen and oxygen atoms in total. The van der Waals surface area contributed by atoms with Gasteiger partial charge in [-0.15, -0.1) is 0 Å². The van der Waals surface area contributed by atoms with Crippen LogP contribution in [0.4, 0.5) is 10.1 Å². The quantitative estimate of drug-likeness (QED) is 0.747. The highest BCUT2D eigenvalue weighted by Gasteiger charge is 2.17. The van der Waals surface area contributed by atoms with Crippen LogP contribution in [0.1, 0.15) is 21.7 Å². The molecule has 0 saturated heterocycles. The minimum absolute atomic E-state index is 0.264. The normalized spacial score (nSPS) is 12.0. The largest absolute Gasteiger partial charge is 0.322 e. The number of nitrogens with one attached hydrogen (secondary N) is 1. The smallest absolute Gasteiger partial charge is 0.257 e. The van der Waals surface area contributed by atoms with E-state index in [9.17, 15) is 13.4 Å². The first-order valence-corrected chi connectivity index (χ1v) is 9.62. The summed E-state index contributed by atoms with van der Waals surface area (Å²) in [6.45, 7) is 3.69. The first-order chi connectivity index (χ1) is 12.4. The Morgan fingerprint density at radius 3 is 2.50 bits per heavy atom. The fourth-order valence-corrected chi connectivity index (χ4v) is 3.52. The number of anilines is 1. The zero-order valence-corrected chi connectivity index (χ0v) is 15.6. The second kappa shape index (κ2) is 7.25. The highest BCUT2D eigenvalue weighted by Crippen LogP contribution is 2.23. The van der Waals surface area contributed by atoms with Crippen LogP contribution in [0.15, 0.2) is 59.5 Å². The summed E-state index contributed by atoms with van der Waals surface area (Å²) in [6.07, 6.45) is 1.59. The first kappa shape index (κ1) is 18.1. The fourth-order valence-electron chi connectivity index (χ4n) is 2.96. The van der Waals surface area contributed by atoms with Crippen LogP contribution < -0.4 is 5.32 Å². The molecular weight excluding hydrogens is 351 g/mol. The Kier molecular flexibility index (Phi) is 5.04. The predicted octanol–water partition coefficient (Wildman–Crippen LogP) is 4.22. The summed E-state index contributed by atoms with van der Waals surface area (Å²) in [4.78, 5) is 13.4. The molecule has 3 rings (SSSR count). The highest BCUT2D eigenvalue weighted by atomic mass is 32.2. The van der Waals surface area contributed by atoms with Crippen molar-refractivity contribution in [1.29, 1.82) is 0 Å². The zero-order valence-electron chi connectivity index (χ0n) is 14.7. The molecule has 6 heteroatoms. The number of benzene rings is 2. The van der Waals surface area contributed by atoms with Gasteiger partial charge in [0.2, 0.25) is 0 Å². The maximum Gasteiger partial charge on any atom is 0.257 e. The number of rotatable bonds is 4. The van der Waals surface area contributed by atoms with Crippen molar-refractivity contribution in [3.05, 3.63) is 77.4 Å². The molecule has 0 bridgehead atoms. The second-order valence-electron chi connectivity index (χ2n) is 6.04. The average molecular weight is 370 g/mol. The summed E-state index contributed by atoms with van der Waals surface area (Å²) in [7, 11) is -1.12. The third-order valence-electron chi connectivity index (χ3n) is 4.17. The molecular formula is C20H19FN2O2S. The first-order valence-electron chi connectivity index (χ1n) is 8.06. The molecule has 0 unspecified atom stereocenters. The van der Waals surface area contributed by atoms with Gasteiger partial charge < -0.3 is 9.88 Å². The van der Waals surface area contributed by atoms with Crippen LogP contribution in [0.25, 0.3) is 5.69 Å². The fraction of sp³-hybridized carbons (Fsp3) is 0.150. The predicted molar refractivity (Wildman–Crippen MR) is 102 cm³/mol. The van der Waals surface area contributed by atoms with E-state index in [2.05, 4.69) is 5.32 Å². The number of halogens is 1. The number of hydrogen-bond donors (Lipinski definition) is 1. The van der Waals surface area contributed by atoms with Gasteiger partial charge in [-0.2, -0.15) is 0 Å². The van der Waals surface area contributed by atoms with E-state index in [0.29, 0.717) is 21.8 Å². The van der Waals surface area contributed by atoms with E-state index in [1.54, 1.807) is 48.7 Å². The molecule has 1 heterocycles. The van der Waals surface area contributed by atoms with Crippen LogP contribution in [0, 0.1) is 19.7 Å². The Morgan fingerprint density at radius 1 is 1.08 bits per heavy atom. The maximum absolute atomic E-state index is 13.6. The molecule has 0 aliphatic heterocycles. The van der Waals surface area contributed by atoms with E-state index in [0.717, 1.165) is 11.4 Å².